The van der Waals surface area contributed by atoms with E-state index < -0.39 is 0 Å². The fourth-order valence-corrected chi connectivity index (χ4v) is 4.13. The maximum absolute atomic E-state index is 2.85. The summed E-state index contributed by atoms with van der Waals surface area (Å²) in [5, 5.41) is 0. The lowest BCUT2D eigenvalue weighted by molar-refractivity contribution is 0.0162. The van der Waals surface area contributed by atoms with Crippen LogP contribution in [0.15, 0.2) is 0 Å². The Labute approximate surface area is 100.0 Å². The maximum Gasteiger partial charge on any atom is 0.0224 e. The lowest BCUT2D eigenvalue weighted by Gasteiger charge is -2.47. The quantitative estimate of drug-likeness (QED) is 0.672. The molecule has 2 saturated heterocycles. The summed E-state index contributed by atoms with van der Waals surface area (Å²) in [4.78, 5) is 5.59. The van der Waals surface area contributed by atoms with E-state index in [0.29, 0.717) is 0 Å². The molecule has 16 heavy (non-hydrogen) atoms. The average Bonchev–Trinajstić information content (AvgIpc) is 2.76. The van der Waals surface area contributed by atoms with Crippen molar-refractivity contribution in [3.8, 4) is 0 Å². The Bertz CT molecular complexity index is 235. The van der Waals surface area contributed by atoms with E-state index in [1.165, 1.54) is 64.6 Å². The van der Waals surface area contributed by atoms with Gasteiger partial charge in [0.05, 0.1) is 0 Å². The van der Waals surface area contributed by atoms with E-state index >= 15 is 0 Å². The highest BCUT2D eigenvalue weighted by Crippen LogP contribution is 2.30. The molecule has 1 aliphatic carbocycles. The van der Waals surface area contributed by atoms with Crippen LogP contribution in [0.5, 0.6) is 0 Å². The van der Waals surface area contributed by atoms with Gasteiger partial charge in [-0.1, -0.05) is 19.3 Å². The van der Waals surface area contributed by atoms with E-state index in [0.717, 1.165) is 18.1 Å². The Morgan fingerprint density at radius 1 is 0.812 bits per heavy atom. The molecule has 3 fully saturated rings. The molecule has 2 heterocycles. The van der Waals surface area contributed by atoms with Gasteiger partial charge in [0.2, 0.25) is 0 Å². The molecule has 3 rings (SSSR count). The highest BCUT2D eigenvalue weighted by molar-refractivity contribution is 4.93. The number of rotatable bonds is 1. The molecule has 2 heteroatoms. The molecule has 1 saturated carbocycles. The van der Waals surface area contributed by atoms with Gasteiger partial charge in [-0.2, -0.15) is 0 Å². The molecule has 2 nitrogen and oxygen atoms in total. The third-order valence-corrected chi connectivity index (χ3v) is 5.03. The Kier molecular flexibility index (Phi) is 3.21. The highest BCUT2D eigenvalue weighted by atomic mass is 15.3. The molecule has 0 amide bonds. The van der Waals surface area contributed by atoms with Crippen molar-refractivity contribution in [2.45, 2.75) is 70.0 Å². The molecule has 3 aliphatic rings. The second kappa shape index (κ2) is 4.66. The van der Waals surface area contributed by atoms with Crippen molar-refractivity contribution >= 4 is 0 Å². The van der Waals surface area contributed by atoms with E-state index in [1.54, 1.807) is 0 Å². The van der Waals surface area contributed by atoms with Gasteiger partial charge >= 0.3 is 0 Å². The van der Waals surface area contributed by atoms with Crippen LogP contribution >= 0.6 is 0 Å². The first kappa shape index (κ1) is 11.0. The number of nitrogens with zero attached hydrogens (tertiary/aromatic N) is 2. The normalized spacial score (nSPS) is 38.8. The molecule has 0 spiro atoms. The zero-order chi connectivity index (χ0) is 11.0. The van der Waals surface area contributed by atoms with Gasteiger partial charge in [-0.15, -0.1) is 0 Å². The zero-order valence-electron chi connectivity index (χ0n) is 10.7. The second-order valence-electron chi connectivity index (χ2n) is 6.13. The average molecular weight is 222 g/mol. The standard InChI is InChI=1S/C14H26N2/c1-12-10-15-9-5-8-14(15)11-16(12)13-6-3-2-4-7-13/h12-14H,2-11H2,1H3. The van der Waals surface area contributed by atoms with Gasteiger partial charge in [-0.05, 0) is 39.2 Å². The first-order chi connectivity index (χ1) is 7.84. The van der Waals surface area contributed by atoms with E-state index in [4.69, 9.17) is 0 Å². The SMILES string of the molecule is CC1CN2CCCC2CN1C1CCCCC1. The molecule has 2 atom stereocenters. The van der Waals surface area contributed by atoms with Gasteiger partial charge in [0.15, 0.2) is 0 Å². The molecule has 0 aromatic heterocycles. The van der Waals surface area contributed by atoms with Crippen molar-refractivity contribution in [2.75, 3.05) is 19.6 Å². The minimum absolute atomic E-state index is 0.803. The minimum Gasteiger partial charge on any atom is -0.298 e. The van der Waals surface area contributed by atoms with Crippen LogP contribution in [0.1, 0.15) is 51.9 Å². The van der Waals surface area contributed by atoms with Crippen molar-refractivity contribution in [1.82, 2.24) is 9.80 Å². The zero-order valence-corrected chi connectivity index (χ0v) is 10.7. The van der Waals surface area contributed by atoms with E-state index in [9.17, 15) is 0 Å². The van der Waals surface area contributed by atoms with Crippen LogP contribution in [0.3, 0.4) is 0 Å². The molecule has 0 N–H and O–H groups in total. The third kappa shape index (κ3) is 2.02. The lowest BCUT2D eigenvalue weighted by Crippen LogP contribution is -2.58. The van der Waals surface area contributed by atoms with Gasteiger partial charge in [0.1, 0.15) is 0 Å². The summed E-state index contributed by atoms with van der Waals surface area (Å²) in [6, 6.07) is 2.63. The van der Waals surface area contributed by atoms with E-state index in [-0.39, 0.29) is 0 Å². The maximum atomic E-state index is 2.85. The molecule has 2 aliphatic heterocycles. The monoisotopic (exact) mass is 222 g/mol. The summed E-state index contributed by atoms with van der Waals surface area (Å²) in [5.41, 5.74) is 0. The van der Waals surface area contributed by atoms with Crippen molar-refractivity contribution in [2.24, 2.45) is 0 Å². The van der Waals surface area contributed by atoms with Crippen molar-refractivity contribution < 1.29 is 0 Å². The van der Waals surface area contributed by atoms with Crippen LogP contribution in [0.4, 0.5) is 0 Å². The summed E-state index contributed by atoms with van der Waals surface area (Å²) in [7, 11) is 0. The van der Waals surface area contributed by atoms with Gasteiger partial charge in [-0.25, -0.2) is 0 Å². The predicted octanol–water partition coefficient (Wildman–Crippen LogP) is 2.49. The molecule has 2 unspecified atom stereocenters. The second-order valence-corrected chi connectivity index (χ2v) is 6.13. The molecule has 0 radical (unpaired) electrons. The topological polar surface area (TPSA) is 6.48 Å². The van der Waals surface area contributed by atoms with Crippen LogP contribution in [-0.4, -0.2) is 47.6 Å². The highest BCUT2D eigenvalue weighted by Gasteiger charge is 2.37. The van der Waals surface area contributed by atoms with Crippen molar-refractivity contribution in [1.29, 1.82) is 0 Å². The molecule has 0 aromatic carbocycles. The van der Waals surface area contributed by atoms with Crippen molar-refractivity contribution in [3.63, 3.8) is 0 Å². The number of hydrogen-bond acceptors (Lipinski definition) is 2. The predicted molar refractivity (Wildman–Crippen MR) is 67.6 cm³/mol. The first-order valence-electron chi connectivity index (χ1n) is 7.34. The van der Waals surface area contributed by atoms with Crippen LogP contribution in [0.2, 0.25) is 0 Å². The van der Waals surface area contributed by atoms with Crippen LogP contribution < -0.4 is 0 Å². The summed E-state index contributed by atoms with van der Waals surface area (Å²) >= 11 is 0. The fourth-order valence-electron chi connectivity index (χ4n) is 4.13. The number of fused-ring (bicyclic) bond motifs is 1. The largest absolute Gasteiger partial charge is 0.298 e. The minimum atomic E-state index is 0.803. The van der Waals surface area contributed by atoms with Gasteiger partial charge in [-0.3, -0.25) is 9.80 Å². The van der Waals surface area contributed by atoms with Crippen molar-refractivity contribution in [3.05, 3.63) is 0 Å². The number of hydrogen-bond donors (Lipinski definition) is 0. The van der Waals surface area contributed by atoms with E-state index in [1.807, 2.05) is 0 Å². The van der Waals surface area contributed by atoms with Gasteiger partial charge in [0.25, 0.3) is 0 Å². The number of piperazine rings is 1. The van der Waals surface area contributed by atoms with Crippen LogP contribution in [0.25, 0.3) is 0 Å². The first-order valence-corrected chi connectivity index (χ1v) is 7.34. The Balaban J connectivity index is 1.65. The molecular formula is C14H26N2. The molecule has 0 bridgehead atoms. The molecular weight excluding hydrogens is 196 g/mol. The lowest BCUT2D eigenvalue weighted by atomic mass is 9.92. The Morgan fingerprint density at radius 2 is 1.56 bits per heavy atom. The summed E-state index contributed by atoms with van der Waals surface area (Å²) in [6.07, 6.45) is 10.3. The third-order valence-electron chi connectivity index (χ3n) is 5.03. The van der Waals surface area contributed by atoms with Gasteiger partial charge in [0, 0.05) is 31.2 Å². The Morgan fingerprint density at radius 3 is 2.38 bits per heavy atom. The van der Waals surface area contributed by atoms with Crippen LogP contribution in [0, 0.1) is 0 Å². The van der Waals surface area contributed by atoms with E-state index in [2.05, 4.69) is 16.7 Å². The van der Waals surface area contributed by atoms with Crippen LogP contribution in [-0.2, 0) is 0 Å². The summed E-state index contributed by atoms with van der Waals surface area (Å²) in [5.74, 6) is 0. The molecule has 0 aromatic rings. The Hall–Kier alpha value is -0.0800. The fraction of sp³-hybridized carbons (Fsp3) is 1.00. The van der Waals surface area contributed by atoms with Gasteiger partial charge < -0.3 is 0 Å². The smallest absolute Gasteiger partial charge is 0.0224 e. The summed E-state index contributed by atoms with van der Waals surface area (Å²) in [6.45, 7) is 6.52. The summed E-state index contributed by atoms with van der Waals surface area (Å²) < 4.78 is 0. The molecule has 92 valence electrons.